The number of carbonyl (C=O) groups excluding carboxylic acids is 1. The van der Waals surface area contributed by atoms with Crippen molar-refractivity contribution in [1.29, 1.82) is 5.26 Å². The summed E-state index contributed by atoms with van der Waals surface area (Å²) in [5.74, 6) is 0.545. The van der Waals surface area contributed by atoms with Crippen molar-refractivity contribution in [3.63, 3.8) is 0 Å². The maximum Gasteiger partial charge on any atom is 0.222 e. The van der Waals surface area contributed by atoms with Gasteiger partial charge >= 0.3 is 0 Å². The Hall–Kier alpha value is -1.76. The average molecular weight is 177 g/mol. The molecular formula is C9H11N3O. The van der Waals surface area contributed by atoms with Crippen molar-refractivity contribution in [3.8, 4) is 6.07 Å². The number of aromatic nitrogens is 1. The Morgan fingerprint density at radius 2 is 2.46 bits per heavy atom. The first-order chi connectivity index (χ1) is 6.17. The Bertz CT molecular complexity index is 359. The van der Waals surface area contributed by atoms with Gasteiger partial charge in [-0.25, -0.2) is 0 Å². The van der Waals surface area contributed by atoms with Gasteiger partial charge in [-0.2, -0.15) is 5.26 Å². The number of hydrogen-bond acceptors (Lipinski definition) is 2. The van der Waals surface area contributed by atoms with Gasteiger partial charge in [-0.1, -0.05) is 0 Å². The van der Waals surface area contributed by atoms with Crippen molar-refractivity contribution >= 4 is 11.7 Å². The van der Waals surface area contributed by atoms with Crippen LogP contribution in [0.3, 0.4) is 0 Å². The van der Waals surface area contributed by atoms with E-state index in [1.807, 2.05) is 17.6 Å². The minimum atomic E-state index is -0.128. The van der Waals surface area contributed by atoms with Gasteiger partial charge in [-0.05, 0) is 13.0 Å². The Labute approximate surface area is 76.8 Å². The van der Waals surface area contributed by atoms with Crippen LogP contribution in [-0.4, -0.2) is 10.5 Å². The molecule has 0 aromatic carbocycles. The second-order valence-electron chi connectivity index (χ2n) is 2.69. The molecule has 0 fully saturated rings. The number of aryl methyl sites for hydroxylation is 1. The second-order valence-corrected chi connectivity index (χ2v) is 2.69. The molecule has 0 aliphatic heterocycles. The predicted octanol–water partition coefficient (Wildman–Crippen LogP) is 1.34. The summed E-state index contributed by atoms with van der Waals surface area (Å²) >= 11 is 0. The first-order valence-electron chi connectivity index (χ1n) is 4.05. The van der Waals surface area contributed by atoms with Gasteiger partial charge in [0.25, 0.3) is 0 Å². The molecular weight excluding hydrogens is 166 g/mol. The highest BCUT2D eigenvalue weighted by atomic mass is 16.1. The van der Waals surface area contributed by atoms with E-state index in [4.69, 9.17) is 5.26 Å². The van der Waals surface area contributed by atoms with E-state index in [0.717, 1.165) is 6.54 Å². The lowest BCUT2D eigenvalue weighted by Gasteiger charge is -2.04. The molecule has 4 nitrogen and oxygen atoms in total. The van der Waals surface area contributed by atoms with Crippen LogP contribution in [0.4, 0.5) is 5.82 Å². The second kappa shape index (κ2) is 3.76. The molecule has 0 aliphatic rings. The molecule has 1 rings (SSSR count). The maximum atomic E-state index is 10.8. The maximum absolute atomic E-state index is 10.8. The first-order valence-corrected chi connectivity index (χ1v) is 4.05. The summed E-state index contributed by atoms with van der Waals surface area (Å²) in [5.41, 5.74) is 0.561. The molecule has 0 saturated carbocycles. The van der Waals surface area contributed by atoms with Crippen molar-refractivity contribution in [2.75, 3.05) is 5.32 Å². The van der Waals surface area contributed by atoms with Gasteiger partial charge in [-0.3, -0.25) is 4.79 Å². The average Bonchev–Trinajstić information content (AvgIpc) is 2.46. The van der Waals surface area contributed by atoms with Gasteiger partial charge < -0.3 is 9.88 Å². The molecule has 0 aliphatic carbocycles. The van der Waals surface area contributed by atoms with Crippen molar-refractivity contribution in [3.05, 3.63) is 17.8 Å². The number of anilines is 1. The number of nitrogens with one attached hydrogen (secondary N) is 1. The molecule has 0 saturated heterocycles. The zero-order valence-corrected chi connectivity index (χ0v) is 7.66. The van der Waals surface area contributed by atoms with Crippen LogP contribution in [0.25, 0.3) is 0 Å². The normalized spacial score (nSPS) is 9.31. The summed E-state index contributed by atoms with van der Waals surface area (Å²) in [6.45, 7) is 4.13. The topological polar surface area (TPSA) is 57.8 Å². The van der Waals surface area contributed by atoms with E-state index in [1.54, 1.807) is 12.3 Å². The molecule has 1 aromatic rings. The van der Waals surface area contributed by atoms with Gasteiger partial charge in [0.1, 0.15) is 11.9 Å². The molecule has 0 radical (unpaired) electrons. The highest BCUT2D eigenvalue weighted by molar-refractivity contribution is 5.88. The number of amides is 1. The Morgan fingerprint density at radius 1 is 1.77 bits per heavy atom. The molecule has 1 aromatic heterocycles. The van der Waals surface area contributed by atoms with Gasteiger partial charge in [-0.15, -0.1) is 0 Å². The fourth-order valence-corrected chi connectivity index (χ4v) is 1.12. The molecule has 68 valence electrons. The van der Waals surface area contributed by atoms with Crippen molar-refractivity contribution in [2.45, 2.75) is 20.4 Å². The monoisotopic (exact) mass is 177 g/mol. The van der Waals surface area contributed by atoms with Crippen LogP contribution < -0.4 is 5.32 Å². The minimum Gasteiger partial charge on any atom is -0.333 e. The molecule has 1 N–H and O–H groups in total. The van der Waals surface area contributed by atoms with Gasteiger partial charge in [0.15, 0.2) is 0 Å². The Balaban J connectivity index is 2.98. The van der Waals surface area contributed by atoms with Gasteiger partial charge in [0, 0.05) is 19.7 Å². The van der Waals surface area contributed by atoms with Crippen LogP contribution in [-0.2, 0) is 11.3 Å². The third kappa shape index (κ3) is 2.09. The van der Waals surface area contributed by atoms with Crippen LogP contribution in [0, 0.1) is 11.3 Å². The Kier molecular flexibility index (Phi) is 2.70. The molecule has 0 bridgehead atoms. The minimum absolute atomic E-state index is 0.128. The third-order valence-corrected chi connectivity index (χ3v) is 1.67. The quantitative estimate of drug-likeness (QED) is 0.741. The smallest absolute Gasteiger partial charge is 0.222 e. The van der Waals surface area contributed by atoms with E-state index in [1.165, 1.54) is 6.92 Å². The van der Waals surface area contributed by atoms with Gasteiger partial charge in [0.05, 0.1) is 5.56 Å². The standard InChI is InChI=1S/C9H11N3O/c1-3-12-6-8(5-10)4-9(12)11-7(2)13/h4,6H,3H2,1-2H3,(H,11,13). The van der Waals surface area contributed by atoms with Crippen LogP contribution in [0.5, 0.6) is 0 Å². The fourth-order valence-electron chi connectivity index (χ4n) is 1.12. The van der Waals surface area contributed by atoms with Crippen LogP contribution in [0.1, 0.15) is 19.4 Å². The van der Waals surface area contributed by atoms with E-state index >= 15 is 0 Å². The lowest BCUT2D eigenvalue weighted by Crippen LogP contribution is -2.09. The molecule has 0 spiro atoms. The van der Waals surface area contributed by atoms with Gasteiger partial charge in [0.2, 0.25) is 5.91 Å². The number of nitrogens with zero attached hydrogens (tertiary/aromatic N) is 2. The largest absolute Gasteiger partial charge is 0.333 e. The molecule has 0 unspecified atom stereocenters. The number of nitriles is 1. The van der Waals surface area contributed by atoms with Crippen molar-refractivity contribution in [1.82, 2.24) is 4.57 Å². The number of hydrogen-bond donors (Lipinski definition) is 1. The SMILES string of the molecule is CCn1cc(C#N)cc1NC(C)=O. The zero-order chi connectivity index (χ0) is 9.84. The third-order valence-electron chi connectivity index (χ3n) is 1.67. The molecule has 0 atom stereocenters. The van der Waals surface area contributed by atoms with E-state index in [-0.39, 0.29) is 5.91 Å². The van der Waals surface area contributed by atoms with Crippen LogP contribution in [0.15, 0.2) is 12.3 Å². The van der Waals surface area contributed by atoms with E-state index in [9.17, 15) is 4.79 Å². The van der Waals surface area contributed by atoms with Crippen LogP contribution >= 0.6 is 0 Å². The number of carbonyl (C=O) groups is 1. The fraction of sp³-hybridized carbons (Fsp3) is 0.333. The lowest BCUT2D eigenvalue weighted by molar-refractivity contribution is -0.114. The summed E-state index contributed by atoms with van der Waals surface area (Å²) < 4.78 is 1.82. The predicted molar refractivity (Wildman–Crippen MR) is 49.1 cm³/mol. The van der Waals surface area contributed by atoms with E-state index in [0.29, 0.717) is 11.4 Å². The summed E-state index contributed by atoms with van der Waals surface area (Å²) in [5, 5.41) is 11.3. The molecule has 1 amide bonds. The van der Waals surface area contributed by atoms with Crippen LogP contribution in [0.2, 0.25) is 0 Å². The highest BCUT2D eigenvalue weighted by Gasteiger charge is 2.04. The van der Waals surface area contributed by atoms with E-state index < -0.39 is 0 Å². The van der Waals surface area contributed by atoms with Crippen molar-refractivity contribution in [2.24, 2.45) is 0 Å². The molecule has 13 heavy (non-hydrogen) atoms. The molecule has 1 heterocycles. The summed E-state index contributed by atoms with van der Waals surface area (Å²) in [6.07, 6.45) is 1.71. The Morgan fingerprint density at radius 3 is 2.92 bits per heavy atom. The van der Waals surface area contributed by atoms with E-state index in [2.05, 4.69) is 5.32 Å². The summed E-state index contributed by atoms with van der Waals surface area (Å²) in [4.78, 5) is 10.8. The summed E-state index contributed by atoms with van der Waals surface area (Å²) in [7, 11) is 0. The number of rotatable bonds is 2. The zero-order valence-electron chi connectivity index (χ0n) is 7.66. The highest BCUT2D eigenvalue weighted by Crippen LogP contribution is 2.13. The van der Waals surface area contributed by atoms with Crippen molar-refractivity contribution < 1.29 is 4.79 Å². The lowest BCUT2D eigenvalue weighted by atomic mass is 10.4. The first kappa shape index (κ1) is 9.33. The summed E-state index contributed by atoms with van der Waals surface area (Å²) in [6, 6.07) is 3.68. The molecule has 4 heteroatoms.